The minimum Gasteiger partial charge on any atom is -0.481 e. The van der Waals surface area contributed by atoms with Gasteiger partial charge in [0.2, 0.25) is 5.91 Å². The lowest BCUT2D eigenvalue weighted by Gasteiger charge is -2.05. The van der Waals surface area contributed by atoms with E-state index in [2.05, 4.69) is 5.32 Å². The van der Waals surface area contributed by atoms with Crippen LogP contribution in [-0.2, 0) is 9.59 Å². The highest BCUT2D eigenvalue weighted by atomic mass is 16.6. The van der Waals surface area contributed by atoms with Crippen LogP contribution in [0.3, 0.4) is 0 Å². The van der Waals surface area contributed by atoms with Crippen molar-refractivity contribution in [3.63, 3.8) is 0 Å². The molecule has 0 saturated carbocycles. The van der Waals surface area contributed by atoms with Gasteiger partial charge in [0.05, 0.1) is 10.8 Å². The molecule has 1 atom stereocenters. The van der Waals surface area contributed by atoms with Crippen molar-refractivity contribution in [2.75, 3.05) is 6.54 Å². The number of rotatable bonds is 7. The quantitative estimate of drug-likeness (QED) is 0.452. The van der Waals surface area contributed by atoms with E-state index >= 15 is 0 Å². The zero-order chi connectivity index (χ0) is 15.8. The number of carboxylic acids is 1. The van der Waals surface area contributed by atoms with Crippen LogP contribution in [0, 0.1) is 16.0 Å². The van der Waals surface area contributed by atoms with E-state index in [9.17, 15) is 19.7 Å². The van der Waals surface area contributed by atoms with Crippen molar-refractivity contribution in [1.82, 2.24) is 5.32 Å². The second-order valence-corrected chi connectivity index (χ2v) is 4.50. The van der Waals surface area contributed by atoms with Crippen molar-refractivity contribution >= 4 is 23.6 Å². The third-order valence-corrected chi connectivity index (χ3v) is 2.81. The fraction of sp³-hybridized carbons (Fsp3) is 0.286. The van der Waals surface area contributed by atoms with Crippen LogP contribution in [0.5, 0.6) is 0 Å². The van der Waals surface area contributed by atoms with Gasteiger partial charge in [0.25, 0.3) is 5.69 Å². The number of carboxylic acid groups (broad SMARTS) is 1. The first-order chi connectivity index (χ1) is 9.90. The predicted molar refractivity (Wildman–Crippen MR) is 76.6 cm³/mol. The summed E-state index contributed by atoms with van der Waals surface area (Å²) in [5, 5.41) is 21.8. The molecule has 21 heavy (non-hydrogen) atoms. The number of nitrogens with one attached hydrogen (secondary N) is 1. The highest BCUT2D eigenvalue weighted by molar-refractivity contribution is 5.91. The standard InChI is InChI=1S/C14H16N2O5/c1-10(14(18)19)7-8-15-13(17)6-5-11-3-2-4-12(9-11)16(20)21/h2-6,9-10H,7-8H2,1H3,(H,15,17)(H,18,19)/b6-5+. The molecule has 0 bridgehead atoms. The highest BCUT2D eigenvalue weighted by Gasteiger charge is 2.10. The molecular weight excluding hydrogens is 276 g/mol. The van der Waals surface area contributed by atoms with Crippen LogP contribution in [0.25, 0.3) is 6.08 Å². The fourth-order valence-electron chi connectivity index (χ4n) is 1.51. The first-order valence-electron chi connectivity index (χ1n) is 6.33. The number of amides is 1. The Morgan fingerprint density at radius 2 is 2.19 bits per heavy atom. The van der Waals surface area contributed by atoms with Crippen molar-refractivity contribution in [2.24, 2.45) is 5.92 Å². The normalized spacial score (nSPS) is 12.0. The molecule has 0 saturated heterocycles. The summed E-state index contributed by atoms with van der Waals surface area (Å²) in [4.78, 5) is 32.2. The summed E-state index contributed by atoms with van der Waals surface area (Å²) in [6, 6.07) is 5.90. The second kappa shape index (κ2) is 7.78. The second-order valence-electron chi connectivity index (χ2n) is 4.50. The molecular formula is C14H16N2O5. The van der Waals surface area contributed by atoms with Gasteiger partial charge in [-0.15, -0.1) is 0 Å². The molecule has 2 N–H and O–H groups in total. The van der Waals surface area contributed by atoms with Crippen molar-refractivity contribution in [3.05, 3.63) is 46.0 Å². The van der Waals surface area contributed by atoms with Crippen LogP contribution < -0.4 is 5.32 Å². The molecule has 7 nitrogen and oxygen atoms in total. The summed E-state index contributed by atoms with van der Waals surface area (Å²) in [7, 11) is 0. The van der Waals surface area contributed by atoms with Gasteiger partial charge in [-0.25, -0.2) is 0 Å². The molecule has 112 valence electrons. The van der Waals surface area contributed by atoms with Gasteiger partial charge in [-0.3, -0.25) is 19.7 Å². The third kappa shape index (κ3) is 5.85. The van der Waals surface area contributed by atoms with Crippen LogP contribution in [0.2, 0.25) is 0 Å². The molecule has 0 aliphatic heterocycles. The number of benzene rings is 1. The number of carbonyl (C=O) groups excluding carboxylic acids is 1. The van der Waals surface area contributed by atoms with Gasteiger partial charge in [0.15, 0.2) is 0 Å². The number of non-ortho nitro benzene ring substituents is 1. The molecule has 7 heteroatoms. The molecule has 1 unspecified atom stereocenters. The van der Waals surface area contributed by atoms with Crippen molar-refractivity contribution < 1.29 is 19.6 Å². The smallest absolute Gasteiger partial charge is 0.306 e. The van der Waals surface area contributed by atoms with Gasteiger partial charge in [0.1, 0.15) is 0 Å². The molecule has 1 aromatic carbocycles. The monoisotopic (exact) mass is 292 g/mol. The molecule has 1 aromatic rings. The number of hydrogen-bond donors (Lipinski definition) is 2. The van der Waals surface area contributed by atoms with E-state index in [0.717, 1.165) is 0 Å². The number of nitro groups is 1. The Bertz CT molecular complexity index is 568. The van der Waals surface area contributed by atoms with Gasteiger partial charge in [-0.05, 0) is 18.1 Å². The molecule has 0 spiro atoms. The molecule has 0 aliphatic rings. The number of aliphatic carboxylic acids is 1. The number of hydrogen-bond acceptors (Lipinski definition) is 4. The summed E-state index contributed by atoms with van der Waals surface area (Å²) in [6.45, 7) is 1.82. The molecule has 1 amide bonds. The average molecular weight is 292 g/mol. The number of nitrogens with zero attached hydrogens (tertiary/aromatic N) is 1. The van der Waals surface area contributed by atoms with E-state index < -0.39 is 16.8 Å². The van der Waals surface area contributed by atoms with E-state index in [4.69, 9.17) is 5.11 Å². The van der Waals surface area contributed by atoms with E-state index in [1.54, 1.807) is 13.0 Å². The van der Waals surface area contributed by atoms with Crippen molar-refractivity contribution in [3.8, 4) is 0 Å². The Morgan fingerprint density at radius 1 is 1.48 bits per heavy atom. The number of carbonyl (C=O) groups is 2. The molecule has 0 heterocycles. The molecule has 0 aliphatic carbocycles. The topological polar surface area (TPSA) is 110 Å². The van der Waals surface area contributed by atoms with E-state index in [0.29, 0.717) is 12.0 Å². The summed E-state index contributed by atoms with van der Waals surface area (Å²) in [5.74, 6) is -1.80. The Balaban J connectivity index is 2.49. The lowest BCUT2D eigenvalue weighted by Crippen LogP contribution is -2.25. The minimum absolute atomic E-state index is 0.0483. The average Bonchev–Trinajstić information content (AvgIpc) is 2.45. The maximum Gasteiger partial charge on any atom is 0.306 e. The van der Waals surface area contributed by atoms with Gasteiger partial charge in [-0.1, -0.05) is 19.1 Å². The van der Waals surface area contributed by atoms with Gasteiger partial charge in [-0.2, -0.15) is 0 Å². The zero-order valence-electron chi connectivity index (χ0n) is 11.5. The van der Waals surface area contributed by atoms with Crippen LogP contribution in [0.1, 0.15) is 18.9 Å². The third-order valence-electron chi connectivity index (χ3n) is 2.81. The largest absolute Gasteiger partial charge is 0.481 e. The Labute approximate surface area is 121 Å². The summed E-state index contributed by atoms with van der Waals surface area (Å²) >= 11 is 0. The van der Waals surface area contributed by atoms with Crippen LogP contribution in [0.15, 0.2) is 30.3 Å². The zero-order valence-corrected chi connectivity index (χ0v) is 11.5. The summed E-state index contributed by atoms with van der Waals surface area (Å²) < 4.78 is 0. The van der Waals surface area contributed by atoms with Gasteiger partial charge >= 0.3 is 5.97 Å². The van der Waals surface area contributed by atoms with E-state index in [-0.39, 0.29) is 18.1 Å². The Kier molecular flexibility index (Phi) is 6.06. The maximum absolute atomic E-state index is 11.5. The van der Waals surface area contributed by atoms with Crippen molar-refractivity contribution in [1.29, 1.82) is 0 Å². The first-order valence-corrected chi connectivity index (χ1v) is 6.33. The summed E-state index contributed by atoms with van der Waals surface area (Å²) in [6.07, 6.45) is 3.05. The van der Waals surface area contributed by atoms with E-state index in [1.807, 2.05) is 0 Å². The molecule has 0 radical (unpaired) electrons. The maximum atomic E-state index is 11.5. The molecule has 1 rings (SSSR count). The van der Waals surface area contributed by atoms with E-state index in [1.165, 1.54) is 30.4 Å². The first kappa shape index (κ1) is 16.4. The number of nitro benzene ring substituents is 1. The minimum atomic E-state index is -0.906. The van der Waals surface area contributed by atoms with Gasteiger partial charge < -0.3 is 10.4 Å². The van der Waals surface area contributed by atoms with Gasteiger partial charge in [0, 0.05) is 24.8 Å². The Hall–Kier alpha value is -2.70. The van der Waals surface area contributed by atoms with Crippen LogP contribution >= 0.6 is 0 Å². The highest BCUT2D eigenvalue weighted by Crippen LogP contribution is 2.13. The van der Waals surface area contributed by atoms with Crippen LogP contribution in [0.4, 0.5) is 5.69 Å². The lowest BCUT2D eigenvalue weighted by molar-refractivity contribution is -0.384. The van der Waals surface area contributed by atoms with Crippen molar-refractivity contribution in [2.45, 2.75) is 13.3 Å². The predicted octanol–water partition coefficient (Wildman–Crippen LogP) is 1.83. The van der Waals surface area contributed by atoms with Crippen LogP contribution in [-0.4, -0.2) is 28.5 Å². The SMILES string of the molecule is CC(CCNC(=O)/C=C/c1cccc([N+](=O)[O-])c1)C(=O)O. The fourth-order valence-corrected chi connectivity index (χ4v) is 1.51. The molecule has 0 fully saturated rings. The molecule has 0 aromatic heterocycles. The lowest BCUT2D eigenvalue weighted by atomic mass is 10.1. The summed E-state index contributed by atoms with van der Waals surface area (Å²) in [5.41, 5.74) is 0.492. The Morgan fingerprint density at radius 3 is 2.81 bits per heavy atom.